The molecule has 0 aromatic rings. The Labute approximate surface area is 79.5 Å². The van der Waals surface area contributed by atoms with Crippen molar-refractivity contribution in [2.75, 3.05) is 0 Å². The van der Waals surface area contributed by atoms with Crippen molar-refractivity contribution in [3.05, 3.63) is 0 Å². The van der Waals surface area contributed by atoms with E-state index in [1.54, 1.807) is 0 Å². The van der Waals surface area contributed by atoms with E-state index in [9.17, 15) is 4.79 Å². The summed E-state index contributed by atoms with van der Waals surface area (Å²) >= 11 is 5.91. The van der Waals surface area contributed by atoms with E-state index in [4.69, 9.17) is 11.6 Å². The van der Waals surface area contributed by atoms with Crippen LogP contribution in [0.1, 0.15) is 39.5 Å². The summed E-state index contributed by atoms with van der Waals surface area (Å²) in [6.45, 7) is 4.29. The van der Waals surface area contributed by atoms with Crippen molar-refractivity contribution in [3.63, 3.8) is 0 Å². The summed E-state index contributed by atoms with van der Waals surface area (Å²) < 4.78 is 0. The molecule has 1 rings (SSSR count). The second-order valence-electron chi connectivity index (χ2n) is 3.79. The van der Waals surface area contributed by atoms with Crippen molar-refractivity contribution < 1.29 is 4.79 Å². The Kier molecular flexibility index (Phi) is 3.57. The normalized spacial score (nSPS) is 33.4. The molecular formula is C10H17ClO. The monoisotopic (exact) mass is 188 g/mol. The molecular weight excluding hydrogens is 172 g/mol. The Morgan fingerprint density at radius 1 is 1.58 bits per heavy atom. The number of alkyl halides is 1. The van der Waals surface area contributed by atoms with Gasteiger partial charge in [0.25, 0.3) is 0 Å². The quantitative estimate of drug-likeness (QED) is 0.609. The lowest BCUT2D eigenvalue weighted by atomic mass is 9.78. The predicted molar refractivity (Wildman–Crippen MR) is 51.4 cm³/mol. The van der Waals surface area contributed by atoms with E-state index in [2.05, 4.69) is 13.8 Å². The third-order valence-electron chi connectivity index (χ3n) is 2.98. The van der Waals surface area contributed by atoms with Gasteiger partial charge in [-0.25, -0.2) is 0 Å². The SMILES string of the molecule is CCC(C)C1CCCC(Cl)C1=O. The summed E-state index contributed by atoms with van der Waals surface area (Å²) in [4.78, 5) is 11.6. The highest BCUT2D eigenvalue weighted by Crippen LogP contribution is 2.31. The van der Waals surface area contributed by atoms with Gasteiger partial charge in [0.15, 0.2) is 5.78 Å². The summed E-state index contributed by atoms with van der Waals surface area (Å²) in [5.74, 6) is 1.04. The topological polar surface area (TPSA) is 17.1 Å². The molecule has 1 aliphatic rings. The third-order valence-corrected chi connectivity index (χ3v) is 3.41. The lowest BCUT2D eigenvalue weighted by molar-refractivity contribution is -0.125. The molecule has 0 amide bonds. The van der Waals surface area contributed by atoms with Gasteiger partial charge in [-0.3, -0.25) is 4.79 Å². The molecule has 0 aliphatic heterocycles. The van der Waals surface area contributed by atoms with Gasteiger partial charge in [0.2, 0.25) is 0 Å². The Morgan fingerprint density at radius 3 is 2.83 bits per heavy atom. The van der Waals surface area contributed by atoms with E-state index in [0.717, 1.165) is 25.7 Å². The Hall–Kier alpha value is -0.0400. The van der Waals surface area contributed by atoms with E-state index < -0.39 is 0 Å². The van der Waals surface area contributed by atoms with Crippen molar-refractivity contribution >= 4 is 17.4 Å². The van der Waals surface area contributed by atoms with E-state index in [0.29, 0.717) is 5.92 Å². The molecule has 0 saturated heterocycles. The van der Waals surface area contributed by atoms with Crippen LogP contribution in [0.3, 0.4) is 0 Å². The van der Waals surface area contributed by atoms with E-state index >= 15 is 0 Å². The second kappa shape index (κ2) is 4.27. The first-order valence-electron chi connectivity index (χ1n) is 4.84. The fourth-order valence-electron chi connectivity index (χ4n) is 1.88. The van der Waals surface area contributed by atoms with E-state index in [1.807, 2.05) is 0 Å². The van der Waals surface area contributed by atoms with Crippen molar-refractivity contribution in [3.8, 4) is 0 Å². The van der Waals surface area contributed by atoms with Crippen molar-refractivity contribution in [2.24, 2.45) is 11.8 Å². The number of rotatable bonds is 2. The van der Waals surface area contributed by atoms with Gasteiger partial charge in [0.1, 0.15) is 0 Å². The van der Waals surface area contributed by atoms with Gasteiger partial charge < -0.3 is 0 Å². The maximum atomic E-state index is 11.6. The number of carbonyl (C=O) groups excluding carboxylic acids is 1. The Morgan fingerprint density at radius 2 is 2.25 bits per heavy atom. The van der Waals surface area contributed by atoms with Gasteiger partial charge in [-0.2, -0.15) is 0 Å². The Balaban J connectivity index is 2.57. The van der Waals surface area contributed by atoms with Crippen LogP contribution >= 0.6 is 11.6 Å². The molecule has 1 aliphatic carbocycles. The van der Waals surface area contributed by atoms with E-state index in [-0.39, 0.29) is 17.1 Å². The number of hydrogen-bond acceptors (Lipinski definition) is 1. The van der Waals surface area contributed by atoms with Gasteiger partial charge in [-0.05, 0) is 18.8 Å². The molecule has 1 saturated carbocycles. The number of halogens is 1. The molecule has 0 spiro atoms. The van der Waals surface area contributed by atoms with Gasteiger partial charge in [0, 0.05) is 5.92 Å². The van der Waals surface area contributed by atoms with Gasteiger partial charge in [0.05, 0.1) is 5.38 Å². The van der Waals surface area contributed by atoms with Gasteiger partial charge >= 0.3 is 0 Å². The summed E-state index contributed by atoms with van der Waals surface area (Å²) in [6, 6.07) is 0. The minimum atomic E-state index is -0.197. The molecule has 70 valence electrons. The van der Waals surface area contributed by atoms with Crippen LogP contribution < -0.4 is 0 Å². The lowest BCUT2D eigenvalue weighted by Gasteiger charge is -2.28. The number of carbonyl (C=O) groups is 1. The van der Waals surface area contributed by atoms with Crippen LogP contribution in [0.5, 0.6) is 0 Å². The summed E-state index contributed by atoms with van der Waals surface area (Å²) in [5.41, 5.74) is 0. The molecule has 3 unspecified atom stereocenters. The maximum absolute atomic E-state index is 11.6. The molecule has 0 aromatic carbocycles. The van der Waals surface area contributed by atoms with Crippen LogP contribution in [0, 0.1) is 11.8 Å². The van der Waals surface area contributed by atoms with Gasteiger partial charge in [-0.15, -0.1) is 11.6 Å². The number of Topliss-reactive ketones (excluding diaryl/α,β-unsaturated/α-hetero) is 1. The largest absolute Gasteiger partial charge is 0.298 e. The fraction of sp³-hybridized carbons (Fsp3) is 0.900. The summed E-state index contributed by atoms with van der Waals surface area (Å²) in [5, 5.41) is -0.197. The minimum Gasteiger partial charge on any atom is -0.298 e. The van der Waals surface area contributed by atoms with Crippen LogP contribution in [-0.4, -0.2) is 11.2 Å². The molecule has 2 heteroatoms. The number of hydrogen-bond donors (Lipinski definition) is 0. The van der Waals surface area contributed by atoms with E-state index in [1.165, 1.54) is 0 Å². The predicted octanol–water partition coefficient (Wildman–Crippen LogP) is 3.01. The standard InChI is InChI=1S/C10H17ClO/c1-3-7(2)8-5-4-6-9(11)10(8)12/h7-9H,3-6H2,1-2H3. The molecule has 0 bridgehead atoms. The van der Waals surface area contributed by atoms with Crippen molar-refractivity contribution in [1.29, 1.82) is 0 Å². The maximum Gasteiger partial charge on any atom is 0.154 e. The molecule has 0 aromatic heterocycles. The average Bonchev–Trinajstić information content (AvgIpc) is 2.08. The van der Waals surface area contributed by atoms with Gasteiger partial charge in [-0.1, -0.05) is 26.7 Å². The Bertz CT molecular complexity index is 167. The second-order valence-corrected chi connectivity index (χ2v) is 4.32. The lowest BCUT2D eigenvalue weighted by Crippen LogP contribution is -2.32. The zero-order chi connectivity index (χ0) is 9.14. The first-order valence-corrected chi connectivity index (χ1v) is 5.28. The molecule has 12 heavy (non-hydrogen) atoms. The molecule has 3 atom stereocenters. The van der Waals surface area contributed by atoms with Crippen molar-refractivity contribution in [1.82, 2.24) is 0 Å². The van der Waals surface area contributed by atoms with Crippen molar-refractivity contribution in [2.45, 2.75) is 44.9 Å². The highest BCUT2D eigenvalue weighted by molar-refractivity contribution is 6.31. The first kappa shape index (κ1) is 10.0. The minimum absolute atomic E-state index is 0.197. The van der Waals surface area contributed by atoms with Crippen LogP contribution in [-0.2, 0) is 4.79 Å². The zero-order valence-electron chi connectivity index (χ0n) is 7.85. The molecule has 1 fully saturated rings. The highest BCUT2D eigenvalue weighted by atomic mass is 35.5. The summed E-state index contributed by atoms with van der Waals surface area (Å²) in [6.07, 6.45) is 4.14. The van der Waals surface area contributed by atoms with Crippen LogP contribution in [0.15, 0.2) is 0 Å². The molecule has 0 N–H and O–H groups in total. The van der Waals surface area contributed by atoms with Crippen LogP contribution in [0.2, 0.25) is 0 Å². The first-order chi connectivity index (χ1) is 5.66. The molecule has 0 radical (unpaired) electrons. The number of ketones is 1. The van der Waals surface area contributed by atoms with Crippen LogP contribution in [0.25, 0.3) is 0 Å². The fourth-order valence-corrected chi connectivity index (χ4v) is 2.20. The molecule has 0 heterocycles. The average molecular weight is 189 g/mol. The smallest absolute Gasteiger partial charge is 0.154 e. The zero-order valence-corrected chi connectivity index (χ0v) is 8.60. The summed E-state index contributed by atoms with van der Waals surface area (Å²) in [7, 11) is 0. The third kappa shape index (κ3) is 2.01. The van der Waals surface area contributed by atoms with Crippen LogP contribution in [0.4, 0.5) is 0 Å². The molecule has 1 nitrogen and oxygen atoms in total. The highest BCUT2D eigenvalue weighted by Gasteiger charge is 2.32.